The van der Waals surface area contributed by atoms with Crippen molar-refractivity contribution in [2.75, 3.05) is 33.7 Å². The van der Waals surface area contributed by atoms with Crippen molar-refractivity contribution in [1.29, 1.82) is 0 Å². The second-order valence-electron chi connectivity index (χ2n) is 8.99. The lowest BCUT2D eigenvalue weighted by Crippen LogP contribution is -2.40. The summed E-state index contributed by atoms with van der Waals surface area (Å²) in [4.78, 5) is 25.9. The third-order valence-corrected chi connectivity index (χ3v) is 6.72. The molecule has 166 valence electrons. The number of rotatable bonds is 5. The molecule has 1 N–H and O–H groups in total. The SMILES string of the molecule is CN(C)C[C@H]1[C@@H]2CC[C@@]3(CN(C(=O)c4cccc(Cn5cccn5)c4)C[C@@H]13)O2.O=CO. The molecule has 0 aliphatic carbocycles. The van der Waals surface area contributed by atoms with Crippen LogP contribution in [0, 0.1) is 11.8 Å². The molecule has 3 saturated heterocycles. The molecule has 4 atom stereocenters. The molecule has 31 heavy (non-hydrogen) atoms. The minimum absolute atomic E-state index is 0.103. The molecule has 2 bridgehead atoms. The molecule has 3 aliphatic rings. The molecule has 8 heteroatoms. The van der Waals surface area contributed by atoms with E-state index in [0.717, 1.165) is 43.6 Å². The topological polar surface area (TPSA) is 87.9 Å². The second kappa shape index (κ2) is 8.80. The molecular formula is C23H30N4O4. The highest BCUT2D eigenvalue weighted by molar-refractivity contribution is 5.94. The third kappa shape index (κ3) is 4.22. The molecule has 1 aromatic carbocycles. The minimum atomic E-state index is -0.250. The molecule has 3 aliphatic heterocycles. The van der Waals surface area contributed by atoms with Gasteiger partial charge in [0.2, 0.25) is 0 Å². The normalized spacial score (nSPS) is 28.4. The van der Waals surface area contributed by atoms with Crippen LogP contribution >= 0.6 is 0 Å². The van der Waals surface area contributed by atoms with Crippen molar-refractivity contribution < 1.29 is 19.4 Å². The summed E-state index contributed by atoms with van der Waals surface area (Å²) in [6.07, 6.45) is 6.32. The zero-order chi connectivity index (χ0) is 22.0. The predicted molar refractivity (Wildman–Crippen MR) is 115 cm³/mol. The Bertz CT molecular complexity index is 916. The zero-order valence-electron chi connectivity index (χ0n) is 18.1. The summed E-state index contributed by atoms with van der Waals surface area (Å²) in [5.74, 6) is 1.12. The third-order valence-electron chi connectivity index (χ3n) is 6.72. The smallest absolute Gasteiger partial charge is 0.290 e. The number of fused-ring (bicyclic) bond motifs is 1. The first-order valence-corrected chi connectivity index (χ1v) is 10.7. The average molecular weight is 427 g/mol. The lowest BCUT2D eigenvalue weighted by Gasteiger charge is -2.30. The van der Waals surface area contributed by atoms with Crippen LogP contribution < -0.4 is 0 Å². The fourth-order valence-corrected chi connectivity index (χ4v) is 5.58. The standard InChI is InChI=1S/C22H28N4O2.CH2O2/c1-24(2)13-18-19-14-25(15-22(19)8-7-20(18)28-22)21(27)17-6-3-5-16(11-17)12-26-10-4-9-23-26;2-1-3/h3-6,9-11,18-20H,7-8,12-15H2,1-2H3;1H,(H,2,3)/t18-,19+,20+,22+;/m1./s1. The number of benzene rings is 1. The van der Waals surface area contributed by atoms with Gasteiger partial charge in [0.05, 0.1) is 24.8 Å². The Morgan fingerprint density at radius 3 is 2.90 bits per heavy atom. The number of likely N-dealkylation sites (tertiary alicyclic amines) is 1. The molecule has 3 fully saturated rings. The number of hydrogen-bond donors (Lipinski definition) is 1. The van der Waals surface area contributed by atoms with Crippen molar-refractivity contribution in [3.63, 3.8) is 0 Å². The van der Waals surface area contributed by atoms with Crippen LogP contribution in [-0.2, 0) is 16.1 Å². The Morgan fingerprint density at radius 2 is 2.19 bits per heavy atom. The number of hydrogen-bond acceptors (Lipinski definition) is 5. The van der Waals surface area contributed by atoms with Gasteiger partial charge in [-0.25, -0.2) is 0 Å². The van der Waals surface area contributed by atoms with Gasteiger partial charge >= 0.3 is 0 Å². The lowest BCUT2D eigenvalue weighted by molar-refractivity contribution is -0.122. The highest BCUT2D eigenvalue weighted by Gasteiger charge is 2.63. The van der Waals surface area contributed by atoms with Crippen LogP contribution in [0.2, 0.25) is 0 Å². The Hall–Kier alpha value is -2.71. The number of ether oxygens (including phenoxy) is 1. The molecular weight excluding hydrogens is 396 g/mol. The molecule has 0 radical (unpaired) electrons. The van der Waals surface area contributed by atoms with Crippen molar-refractivity contribution in [2.45, 2.75) is 31.1 Å². The van der Waals surface area contributed by atoms with Crippen molar-refractivity contribution in [1.82, 2.24) is 19.6 Å². The first-order valence-electron chi connectivity index (χ1n) is 10.7. The number of aromatic nitrogens is 2. The minimum Gasteiger partial charge on any atom is -0.483 e. The highest BCUT2D eigenvalue weighted by Crippen LogP contribution is 2.55. The largest absolute Gasteiger partial charge is 0.483 e. The van der Waals surface area contributed by atoms with Crippen molar-refractivity contribution >= 4 is 12.4 Å². The van der Waals surface area contributed by atoms with Gasteiger partial charge in [-0.3, -0.25) is 14.3 Å². The number of carbonyl (C=O) groups excluding carboxylic acids is 1. The van der Waals surface area contributed by atoms with E-state index in [0.29, 0.717) is 24.5 Å². The summed E-state index contributed by atoms with van der Waals surface area (Å²) >= 11 is 0. The molecule has 0 saturated carbocycles. The predicted octanol–water partition coefficient (Wildman–Crippen LogP) is 1.81. The van der Waals surface area contributed by atoms with E-state index in [1.807, 2.05) is 46.1 Å². The van der Waals surface area contributed by atoms with Gasteiger partial charge in [0.1, 0.15) is 0 Å². The summed E-state index contributed by atoms with van der Waals surface area (Å²) in [5.41, 5.74) is 1.75. The lowest BCUT2D eigenvalue weighted by atomic mass is 9.73. The van der Waals surface area contributed by atoms with E-state index >= 15 is 0 Å². The fourth-order valence-electron chi connectivity index (χ4n) is 5.58. The Labute approximate surface area is 182 Å². The van der Waals surface area contributed by atoms with Crippen LogP contribution in [0.1, 0.15) is 28.8 Å². The van der Waals surface area contributed by atoms with Gasteiger partial charge in [-0.2, -0.15) is 5.10 Å². The number of carbonyl (C=O) groups is 2. The van der Waals surface area contributed by atoms with Gasteiger partial charge in [-0.1, -0.05) is 12.1 Å². The summed E-state index contributed by atoms with van der Waals surface area (Å²) < 4.78 is 8.35. The van der Waals surface area contributed by atoms with Crippen LogP contribution in [0.25, 0.3) is 0 Å². The summed E-state index contributed by atoms with van der Waals surface area (Å²) in [6, 6.07) is 9.86. The fraction of sp³-hybridized carbons (Fsp3) is 0.522. The van der Waals surface area contributed by atoms with E-state index in [1.165, 1.54) is 0 Å². The van der Waals surface area contributed by atoms with Crippen LogP contribution in [0.3, 0.4) is 0 Å². The van der Waals surface area contributed by atoms with Crippen LogP contribution in [0.15, 0.2) is 42.7 Å². The Morgan fingerprint density at radius 1 is 1.39 bits per heavy atom. The van der Waals surface area contributed by atoms with E-state index < -0.39 is 0 Å². The van der Waals surface area contributed by atoms with E-state index in [9.17, 15) is 4.79 Å². The number of amides is 1. The van der Waals surface area contributed by atoms with Crippen molar-refractivity contribution in [2.24, 2.45) is 11.8 Å². The first kappa shape index (κ1) is 21.5. The van der Waals surface area contributed by atoms with E-state index in [4.69, 9.17) is 14.6 Å². The highest BCUT2D eigenvalue weighted by atomic mass is 16.5. The summed E-state index contributed by atoms with van der Waals surface area (Å²) in [7, 11) is 4.25. The van der Waals surface area contributed by atoms with Gasteiger partial charge in [-0.05, 0) is 50.7 Å². The van der Waals surface area contributed by atoms with Gasteiger partial charge in [0.15, 0.2) is 0 Å². The maximum atomic E-state index is 13.3. The van der Waals surface area contributed by atoms with Crippen molar-refractivity contribution in [3.8, 4) is 0 Å². The maximum absolute atomic E-state index is 13.3. The molecule has 1 spiro atoms. The molecule has 1 amide bonds. The van der Waals surface area contributed by atoms with Gasteiger partial charge in [0, 0.05) is 42.9 Å². The quantitative estimate of drug-likeness (QED) is 0.734. The van der Waals surface area contributed by atoms with Gasteiger partial charge < -0.3 is 19.6 Å². The summed E-state index contributed by atoms with van der Waals surface area (Å²) in [6.45, 7) is 3.02. The molecule has 2 aromatic rings. The first-order chi connectivity index (χ1) is 15.0. The molecule has 5 rings (SSSR count). The molecule has 1 aromatic heterocycles. The number of nitrogens with zero attached hydrogens (tertiary/aromatic N) is 4. The van der Waals surface area contributed by atoms with E-state index in [2.05, 4.69) is 24.1 Å². The Balaban J connectivity index is 0.000000730. The Kier molecular flexibility index (Phi) is 6.11. The number of carboxylic acid groups (broad SMARTS) is 1. The second-order valence-corrected chi connectivity index (χ2v) is 8.99. The zero-order valence-corrected chi connectivity index (χ0v) is 18.1. The molecule has 8 nitrogen and oxygen atoms in total. The van der Waals surface area contributed by atoms with Gasteiger partial charge in [0.25, 0.3) is 12.4 Å². The van der Waals surface area contributed by atoms with Crippen LogP contribution in [0.4, 0.5) is 0 Å². The van der Waals surface area contributed by atoms with Crippen LogP contribution in [-0.4, -0.2) is 82.5 Å². The average Bonchev–Trinajstić information content (AvgIpc) is 3.51. The van der Waals surface area contributed by atoms with E-state index in [1.54, 1.807) is 6.20 Å². The molecule has 0 unspecified atom stereocenters. The maximum Gasteiger partial charge on any atom is 0.290 e. The monoisotopic (exact) mass is 426 g/mol. The molecule has 4 heterocycles. The van der Waals surface area contributed by atoms with Crippen molar-refractivity contribution in [3.05, 3.63) is 53.9 Å². The van der Waals surface area contributed by atoms with Crippen LogP contribution in [0.5, 0.6) is 0 Å². The van der Waals surface area contributed by atoms with E-state index in [-0.39, 0.29) is 18.0 Å². The summed E-state index contributed by atoms with van der Waals surface area (Å²) in [5, 5.41) is 11.1. The van der Waals surface area contributed by atoms with Gasteiger partial charge in [-0.15, -0.1) is 0 Å².